The average Bonchev–Trinajstić information content (AvgIpc) is 3.17. The van der Waals surface area contributed by atoms with Crippen LogP contribution in [-0.2, 0) is 16.1 Å². The predicted octanol–water partition coefficient (Wildman–Crippen LogP) is 5.68. The number of ether oxygens (including phenoxy) is 1. The number of carbonyl (C=O) groups excluding carboxylic acids is 4. The Morgan fingerprint density at radius 3 is 2.12 bits per heavy atom. The minimum atomic E-state index is -4.61. The van der Waals surface area contributed by atoms with E-state index in [1.165, 1.54) is 61.0 Å². The number of anilines is 2. The molecule has 0 bridgehead atoms. The Balaban J connectivity index is 0.00000520. The Labute approximate surface area is 281 Å². The monoisotopic (exact) mass is 682 g/mol. The number of nitrogens with zero attached hydrogens (tertiary/aromatic N) is 2. The molecule has 1 aliphatic rings. The van der Waals surface area contributed by atoms with Crippen molar-refractivity contribution in [1.82, 2.24) is 5.32 Å². The van der Waals surface area contributed by atoms with Crippen LogP contribution in [0.1, 0.15) is 40.1 Å². The quantitative estimate of drug-likeness (QED) is 0.219. The van der Waals surface area contributed by atoms with Crippen LogP contribution in [0.4, 0.5) is 24.5 Å². The number of fused-ring (bicyclic) bond motifs is 2. The number of benzene rings is 4. The van der Waals surface area contributed by atoms with Gasteiger partial charge in [0.2, 0.25) is 11.8 Å². The fraction of sp³-hybridized carbons (Fsp3) is 0.257. The molecule has 0 aliphatic carbocycles. The number of amides is 3. The Morgan fingerprint density at radius 1 is 0.917 bits per heavy atom. The van der Waals surface area contributed by atoms with Crippen LogP contribution >= 0.6 is 12.4 Å². The number of hydrogen-bond acceptors (Lipinski definition) is 6. The van der Waals surface area contributed by atoms with Crippen molar-refractivity contribution in [2.24, 2.45) is 11.7 Å². The maximum atomic E-state index is 14.7. The second-order valence-corrected chi connectivity index (χ2v) is 11.5. The van der Waals surface area contributed by atoms with Crippen molar-refractivity contribution in [1.29, 1.82) is 0 Å². The predicted molar refractivity (Wildman–Crippen MR) is 179 cm³/mol. The van der Waals surface area contributed by atoms with Gasteiger partial charge < -0.3 is 25.6 Å². The lowest BCUT2D eigenvalue weighted by Crippen LogP contribution is -2.63. The standard InChI is InChI=1S/C35H33F3N4O5.ClH/c1-21(43)22-12-14-24(15-13-22)31(44)42-19-27(34(2,40-3)33(39)46)32(45)41(28-10-6-7-11-29(28)42)18-26-25-9-5-4-8-23(25)16-17-30(26)47-20-35(36,37)38;/h4-17,27,40H,18-20H2,1-3H3,(H2,39,46);1H/t27-,34?;/m1./s1. The molecule has 252 valence electrons. The van der Waals surface area contributed by atoms with Crippen LogP contribution in [0.15, 0.2) is 84.9 Å². The fourth-order valence-corrected chi connectivity index (χ4v) is 5.78. The molecule has 2 atom stereocenters. The van der Waals surface area contributed by atoms with Gasteiger partial charge in [-0.25, -0.2) is 0 Å². The first-order valence-corrected chi connectivity index (χ1v) is 14.8. The van der Waals surface area contributed by atoms with E-state index in [0.29, 0.717) is 27.6 Å². The number of likely N-dealkylation sites (N-methyl/N-ethyl adjacent to an activating group) is 1. The van der Waals surface area contributed by atoms with Gasteiger partial charge in [-0.05, 0) is 62.0 Å². The zero-order chi connectivity index (χ0) is 34.1. The molecule has 0 fully saturated rings. The Kier molecular flexibility index (Phi) is 10.5. The van der Waals surface area contributed by atoms with E-state index in [1.807, 2.05) is 0 Å². The Morgan fingerprint density at radius 2 is 1.52 bits per heavy atom. The Hall–Kier alpha value is -4.94. The van der Waals surface area contributed by atoms with Gasteiger partial charge in [0.05, 0.1) is 23.8 Å². The summed E-state index contributed by atoms with van der Waals surface area (Å²) in [6.45, 7) is 0.800. The van der Waals surface area contributed by atoms with Gasteiger partial charge in [0, 0.05) is 23.2 Å². The van der Waals surface area contributed by atoms with Crippen LogP contribution in [0.5, 0.6) is 5.75 Å². The molecule has 0 radical (unpaired) electrons. The van der Waals surface area contributed by atoms with Crippen LogP contribution in [0.3, 0.4) is 0 Å². The summed E-state index contributed by atoms with van der Waals surface area (Å²) in [5.41, 5.74) is 5.75. The van der Waals surface area contributed by atoms with Crippen molar-refractivity contribution in [3.8, 4) is 5.75 Å². The van der Waals surface area contributed by atoms with Crippen molar-refractivity contribution >= 4 is 58.1 Å². The number of rotatable bonds is 9. The van der Waals surface area contributed by atoms with E-state index in [-0.39, 0.29) is 48.3 Å². The van der Waals surface area contributed by atoms with E-state index in [9.17, 15) is 32.3 Å². The number of para-hydroxylation sites is 2. The molecule has 0 spiro atoms. The molecule has 1 heterocycles. The number of primary amides is 1. The summed E-state index contributed by atoms with van der Waals surface area (Å²) in [5, 5.41) is 4.13. The van der Waals surface area contributed by atoms with Gasteiger partial charge in [-0.3, -0.25) is 19.2 Å². The first-order valence-electron chi connectivity index (χ1n) is 14.8. The van der Waals surface area contributed by atoms with Gasteiger partial charge in [0.25, 0.3) is 5.91 Å². The molecular weight excluding hydrogens is 649 g/mol. The van der Waals surface area contributed by atoms with Crippen molar-refractivity contribution in [2.45, 2.75) is 32.1 Å². The molecule has 4 aromatic carbocycles. The summed E-state index contributed by atoms with van der Waals surface area (Å²) in [4.78, 5) is 56.4. The van der Waals surface area contributed by atoms with Crippen LogP contribution in [0.2, 0.25) is 0 Å². The zero-order valence-corrected chi connectivity index (χ0v) is 27.2. The molecule has 0 aromatic heterocycles. The van der Waals surface area contributed by atoms with Gasteiger partial charge in [-0.1, -0.05) is 54.6 Å². The third-order valence-electron chi connectivity index (χ3n) is 8.61. The average molecular weight is 683 g/mol. The van der Waals surface area contributed by atoms with E-state index < -0.39 is 42.0 Å². The largest absolute Gasteiger partial charge is 0.484 e. The van der Waals surface area contributed by atoms with Crippen molar-refractivity contribution in [2.75, 3.05) is 30.0 Å². The minimum absolute atomic E-state index is 0. The number of ketones is 1. The molecule has 48 heavy (non-hydrogen) atoms. The van der Waals surface area contributed by atoms with Crippen LogP contribution in [0, 0.1) is 5.92 Å². The second-order valence-electron chi connectivity index (χ2n) is 11.5. The second kappa shape index (κ2) is 14.0. The summed E-state index contributed by atoms with van der Waals surface area (Å²) < 4.78 is 45.1. The highest BCUT2D eigenvalue weighted by molar-refractivity contribution is 6.13. The number of halogens is 4. The highest BCUT2D eigenvalue weighted by Gasteiger charge is 2.49. The summed E-state index contributed by atoms with van der Waals surface area (Å²) in [7, 11) is 1.47. The maximum Gasteiger partial charge on any atom is 0.422 e. The summed E-state index contributed by atoms with van der Waals surface area (Å²) in [6, 6.07) is 22.8. The third-order valence-corrected chi connectivity index (χ3v) is 8.61. The molecule has 3 amide bonds. The van der Waals surface area contributed by atoms with Crippen LogP contribution in [0.25, 0.3) is 10.8 Å². The minimum Gasteiger partial charge on any atom is -0.484 e. The SMILES string of the molecule is CNC(C)(C(N)=O)[C@@H]1CN(C(=O)c2ccc(C(C)=O)cc2)c2ccccc2N(Cc2c(OCC(F)(F)F)ccc3ccccc23)C1=O.Cl. The van der Waals surface area contributed by atoms with E-state index in [1.54, 1.807) is 54.6 Å². The van der Waals surface area contributed by atoms with Gasteiger partial charge >= 0.3 is 6.18 Å². The van der Waals surface area contributed by atoms with Crippen molar-refractivity contribution in [3.05, 3.63) is 102 Å². The fourth-order valence-electron chi connectivity index (χ4n) is 5.78. The van der Waals surface area contributed by atoms with E-state index >= 15 is 0 Å². The molecule has 0 saturated carbocycles. The Bertz CT molecular complexity index is 1870. The first kappa shape index (κ1) is 35.9. The molecule has 9 nitrogen and oxygen atoms in total. The summed E-state index contributed by atoms with van der Waals surface area (Å²) >= 11 is 0. The number of alkyl halides is 3. The van der Waals surface area contributed by atoms with Crippen LogP contribution in [-0.4, -0.2) is 55.4 Å². The maximum absolute atomic E-state index is 14.7. The van der Waals surface area contributed by atoms with Crippen molar-refractivity contribution in [3.63, 3.8) is 0 Å². The highest BCUT2D eigenvalue weighted by atomic mass is 35.5. The molecule has 4 aromatic rings. The topological polar surface area (TPSA) is 122 Å². The number of nitrogens with two attached hydrogens (primary N) is 1. The van der Waals surface area contributed by atoms with E-state index in [2.05, 4.69) is 5.32 Å². The molecule has 1 unspecified atom stereocenters. The number of hydrogen-bond donors (Lipinski definition) is 2. The number of nitrogens with one attached hydrogen (secondary N) is 1. The lowest BCUT2D eigenvalue weighted by atomic mass is 9.83. The van der Waals surface area contributed by atoms with Crippen LogP contribution < -0.4 is 25.6 Å². The molecule has 1 aliphatic heterocycles. The van der Waals surface area contributed by atoms with E-state index in [0.717, 1.165) is 0 Å². The number of carbonyl (C=O) groups is 4. The summed E-state index contributed by atoms with van der Waals surface area (Å²) in [6.07, 6.45) is -4.61. The smallest absolute Gasteiger partial charge is 0.422 e. The lowest BCUT2D eigenvalue weighted by molar-refractivity contribution is -0.153. The highest BCUT2D eigenvalue weighted by Crippen LogP contribution is 2.40. The summed E-state index contributed by atoms with van der Waals surface area (Å²) in [5.74, 6) is -3.44. The van der Waals surface area contributed by atoms with Gasteiger partial charge in [-0.15, -0.1) is 12.4 Å². The van der Waals surface area contributed by atoms with Gasteiger partial charge in [-0.2, -0.15) is 13.2 Å². The van der Waals surface area contributed by atoms with Gasteiger partial charge in [0.15, 0.2) is 12.4 Å². The third kappa shape index (κ3) is 6.99. The molecular formula is C35H34ClF3N4O5. The normalized spacial score (nSPS) is 16.0. The zero-order valence-electron chi connectivity index (χ0n) is 26.3. The molecule has 3 N–H and O–H groups in total. The van der Waals surface area contributed by atoms with E-state index in [4.69, 9.17) is 10.5 Å². The van der Waals surface area contributed by atoms with Crippen molar-refractivity contribution < 1.29 is 37.1 Å². The number of Topliss-reactive ketones (excluding diaryl/α,β-unsaturated/α-hetero) is 1. The lowest BCUT2D eigenvalue weighted by Gasteiger charge is -2.36. The van der Waals surface area contributed by atoms with Gasteiger partial charge in [0.1, 0.15) is 11.3 Å². The first-order chi connectivity index (χ1) is 22.2. The molecule has 0 saturated heterocycles. The molecule has 5 rings (SSSR count). The molecule has 13 heteroatoms.